The summed E-state index contributed by atoms with van der Waals surface area (Å²) < 4.78 is 6.66. The van der Waals surface area contributed by atoms with E-state index in [9.17, 15) is 0 Å². The molecule has 0 saturated heterocycles. The predicted octanol–water partition coefficient (Wildman–Crippen LogP) is 4.61. The minimum absolute atomic E-state index is 0.569. The number of ether oxygens (including phenoxy) is 1. The summed E-state index contributed by atoms with van der Waals surface area (Å²) in [5.74, 6) is 1.32. The van der Waals surface area contributed by atoms with E-state index in [1.165, 1.54) is 0 Å². The predicted molar refractivity (Wildman–Crippen MR) is 75.4 cm³/mol. The van der Waals surface area contributed by atoms with Gasteiger partial charge in [-0.05, 0) is 52.9 Å². The van der Waals surface area contributed by atoms with Crippen molar-refractivity contribution in [1.29, 1.82) is 5.26 Å². The molecular formula is C13H7ClINO. The first-order chi connectivity index (χ1) is 8.19. The zero-order valence-corrected chi connectivity index (χ0v) is 11.6. The van der Waals surface area contributed by atoms with E-state index in [1.54, 1.807) is 30.3 Å². The molecule has 0 fully saturated rings. The van der Waals surface area contributed by atoms with Crippen molar-refractivity contribution < 1.29 is 4.74 Å². The lowest BCUT2D eigenvalue weighted by molar-refractivity contribution is 0.479. The Morgan fingerprint density at radius 1 is 1.18 bits per heavy atom. The quantitative estimate of drug-likeness (QED) is 0.737. The third kappa shape index (κ3) is 3.11. The molecule has 4 heteroatoms. The van der Waals surface area contributed by atoms with Crippen molar-refractivity contribution in [3.63, 3.8) is 0 Å². The Bertz CT molecular complexity index is 592. The van der Waals surface area contributed by atoms with Crippen LogP contribution in [0.25, 0.3) is 0 Å². The van der Waals surface area contributed by atoms with E-state index in [1.807, 2.05) is 12.1 Å². The fourth-order valence-electron chi connectivity index (χ4n) is 1.31. The molecule has 0 aliphatic carbocycles. The zero-order valence-electron chi connectivity index (χ0n) is 8.65. The summed E-state index contributed by atoms with van der Waals surface area (Å²) >= 11 is 8.08. The highest BCUT2D eigenvalue weighted by molar-refractivity contribution is 14.1. The SMILES string of the molecule is N#Cc1cccc(Oc2cc(Cl)ccc2I)c1. The maximum absolute atomic E-state index is 8.80. The Morgan fingerprint density at radius 3 is 2.76 bits per heavy atom. The first kappa shape index (κ1) is 12.2. The van der Waals surface area contributed by atoms with Crippen molar-refractivity contribution in [1.82, 2.24) is 0 Å². The fraction of sp³-hybridized carbons (Fsp3) is 0. The Morgan fingerprint density at radius 2 is 2.00 bits per heavy atom. The van der Waals surface area contributed by atoms with Crippen LogP contribution in [-0.4, -0.2) is 0 Å². The lowest BCUT2D eigenvalue weighted by atomic mass is 10.2. The van der Waals surface area contributed by atoms with Crippen LogP contribution < -0.4 is 4.74 Å². The highest BCUT2D eigenvalue weighted by Crippen LogP contribution is 2.29. The van der Waals surface area contributed by atoms with E-state index in [4.69, 9.17) is 21.6 Å². The summed E-state index contributed by atoms with van der Waals surface area (Å²) in [5, 5.41) is 9.42. The maximum atomic E-state index is 8.80. The molecule has 0 spiro atoms. The van der Waals surface area contributed by atoms with Gasteiger partial charge in [-0.15, -0.1) is 0 Å². The first-order valence-electron chi connectivity index (χ1n) is 4.82. The largest absolute Gasteiger partial charge is 0.456 e. The molecule has 0 atom stereocenters. The third-order valence-electron chi connectivity index (χ3n) is 2.08. The molecule has 0 amide bonds. The molecule has 0 aliphatic heterocycles. The highest BCUT2D eigenvalue weighted by atomic mass is 127. The van der Waals surface area contributed by atoms with Gasteiger partial charge >= 0.3 is 0 Å². The van der Waals surface area contributed by atoms with Crippen molar-refractivity contribution in [3.8, 4) is 17.6 Å². The minimum atomic E-state index is 0.569. The van der Waals surface area contributed by atoms with Gasteiger partial charge in [0.25, 0.3) is 0 Å². The zero-order chi connectivity index (χ0) is 12.3. The molecule has 0 aromatic heterocycles. The number of halogens is 2. The maximum Gasteiger partial charge on any atom is 0.142 e. The molecule has 17 heavy (non-hydrogen) atoms. The van der Waals surface area contributed by atoms with Gasteiger partial charge in [-0.25, -0.2) is 0 Å². The second-order valence-corrected chi connectivity index (χ2v) is 4.92. The number of nitrogens with zero attached hydrogens (tertiary/aromatic N) is 1. The molecule has 2 aromatic carbocycles. The molecule has 0 aliphatic rings. The van der Waals surface area contributed by atoms with Crippen LogP contribution in [0.4, 0.5) is 0 Å². The average Bonchev–Trinajstić information content (AvgIpc) is 2.34. The minimum Gasteiger partial charge on any atom is -0.456 e. The Kier molecular flexibility index (Phi) is 3.87. The van der Waals surface area contributed by atoms with Crippen LogP contribution in [0.1, 0.15) is 5.56 Å². The van der Waals surface area contributed by atoms with Crippen LogP contribution in [0.2, 0.25) is 5.02 Å². The molecular weight excluding hydrogens is 349 g/mol. The third-order valence-corrected chi connectivity index (χ3v) is 3.21. The average molecular weight is 356 g/mol. The topological polar surface area (TPSA) is 33.0 Å². The first-order valence-corrected chi connectivity index (χ1v) is 6.28. The molecule has 0 radical (unpaired) electrons. The van der Waals surface area contributed by atoms with E-state index in [-0.39, 0.29) is 0 Å². The second kappa shape index (κ2) is 5.39. The van der Waals surface area contributed by atoms with Crippen LogP contribution in [0.3, 0.4) is 0 Å². The van der Waals surface area contributed by atoms with Crippen molar-refractivity contribution in [2.45, 2.75) is 0 Å². The van der Waals surface area contributed by atoms with Gasteiger partial charge in [-0.3, -0.25) is 0 Å². The van der Waals surface area contributed by atoms with Crippen LogP contribution in [0.15, 0.2) is 42.5 Å². The normalized spacial score (nSPS) is 9.71. The lowest BCUT2D eigenvalue weighted by Crippen LogP contribution is -1.88. The van der Waals surface area contributed by atoms with E-state index >= 15 is 0 Å². The van der Waals surface area contributed by atoms with Gasteiger partial charge in [0.1, 0.15) is 11.5 Å². The fourth-order valence-corrected chi connectivity index (χ4v) is 1.92. The summed E-state index contributed by atoms with van der Waals surface area (Å²) in [6.45, 7) is 0. The van der Waals surface area contributed by atoms with Gasteiger partial charge in [0.05, 0.1) is 15.2 Å². The van der Waals surface area contributed by atoms with Gasteiger partial charge in [-0.2, -0.15) is 5.26 Å². The molecule has 2 rings (SSSR count). The van der Waals surface area contributed by atoms with E-state index in [0.29, 0.717) is 22.1 Å². The Balaban J connectivity index is 2.31. The lowest BCUT2D eigenvalue weighted by Gasteiger charge is -2.08. The standard InChI is InChI=1S/C13H7ClINO/c14-10-4-5-12(15)13(7-10)17-11-3-1-2-9(6-11)8-16/h1-7H. The Hall–Kier alpha value is -1.25. The molecule has 0 N–H and O–H groups in total. The van der Waals surface area contributed by atoms with Gasteiger partial charge in [0.2, 0.25) is 0 Å². The number of rotatable bonds is 2. The molecule has 2 nitrogen and oxygen atoms in total. The molecule has 0 saturated carbocycles. The van der Waals surface area contributed by atoms with Crippen molar-refractivity contribution in [2.24, 2.45) is 0 Å². The summed E-state index contributed by atoms with van der Waals surface area (Å²) in [6, 6.07) is 14.5. The number of hydrogen-bond donors (Lipinski definition) is 0. The van der Waals surface area contributed by atoms with E-state index in [0.717, 1.165) is 3.57 Å². The summed E-state index contributed by atoms with van der Waals surface area (Å²) in [5.41, 5.74) is 0.569. The summed E-state index contributed by atoms with van der Waals surface area (Å²) in [6.07, 6.45) is 0. The number of hydrogen-bond acceptors (Lipinski definition) is 2. The molecule has 84 valence electrons. The van der Waals surface area contributed by atoms with Crippen LogP contribution in [-0.2, 0) is 0 Å². The van der Waals surface area contributed by atoms with Gasteiger partial charge in [0.15, 0.2) is 0 Å². The van der Waals surface area contributed by atoms with Gasteiger partial charge < -0.3 is 4.74 Å². The van der Waals surface area contributed by atoms with Crippen LogP contribution in [0, 0.1) is 14.9 Å². The monoisotopic (exact) mass is 355 g/mol. The number of nitriles is 1. The smallest absolute Gasteiger partial charge is 0.142 e. The summed E-state index contributed by atoms with van der Waals surface area (Å²) in [4.78, 5) is 0. The molecule has 0 heterocycles. The van der Waals surface area contributed by atoms with E-state index < -0.39 is 0 Å². The van der Waals surface area contributed by atoms with Gasteiger partial charge in [0, 0.05) is 11.1 Å². The molecule has 0 unspecified atom stereocenters. The van der Waals surface area contributed by atoms with Crippen molar-refractivity contribution >= 4 is 34.2 Å². The van der Waals surface area contributed by atoms with E-state index in [2.05, 4.69) is 28.7 Å². The van der Waals surface area contributed by atoms with Crippen molar-refractivity contribution in [3.05, 3.63) is 56.6 Å². The molecule has 0 bridgehead atoms. The molecule has 2 aromatic rings. The van der Waals surface area contributed by atoms with Crippen molar-refractivity contribution in [2.75, 3.05) is 0 Å². The summed E-state index contributed by atoms with van der Waals surface area (Å²) in [7, 11) is 0. The van der Waals surface area contributed by atoms with Gasteiger partial charge in [-0.1, -0.05) is 17.7 Å². The van der Waals surface area contributed by atoms with Crippen LogP contribution in [0.5, 0.6) is 11.5 Å². The van der Waals surface area contributed by atoms with Crippen LogP contribution >= 0.6 is 34.2 Å². The number of benzene rings is 2. The second-order valence-electron chi connectivity index (χ2n) is 3.32. The Labute approximate surface area is 118 Å². The highest BCUT2D eigenvalue weighted by Gasteiger charge is 2.04.